The number of nitro groups is 1. The van der Waals surface area contributed by atoms with E-state index in [0.717, 1.165) is 25.9 Å². The first kappa shape index (κ1) is 16.2. The molecule has 0 unspecified atom stereocenters. The Hall–Kier alpha value is -1.89. The lowest BCUT2D eigenvalue weighted by Crippen LogP contribution is -2.30. The zero-order valence-corrected chi connectivity index (χ0v) is 12.3. The predicted octanol–water partition coefficient (Wildman–Crippen LogP) is 2.54. The third kappa shape index (κ3) is 4.06. The summed E-state index contributed by atoms with van der Waals surface area (Å²) in [6.07, 6.45) is 2.15. The molecule has 0 bridgehead atoms. The van der Waals surface area contributed by atoms with E-state index in [-0.39, 0.29) is 5.69 Å². The van der Waals surface area contributed by atoms with Gasteiger partial charge in [0.25, 0.3) is 5.69 Å². The van der Waals surface area contributed by atoms with E-state index in [4.69, 9.17) is 5.84 Å². The van der Waals surface area contributed by atoms with Crippen molar-refractivity contribution in [1.82, 2.24) is 4.98 Å². The molecule has 0 radical (unpaired) electrons. The van der Waals surface area contributed by atoms with E-state index in [2.05, 4.69) is 24.3 Å². The van der Waals surface area contributed by atoms with Crippen LogP contribution in [0.5, 0.6) is 0 Å². The fourth-order valence-corrected chi connectivity index (χ4v) is 2.09. The average molecular weight is 281 g/mol. The van der Waals surface area contributed by atoms with Crippen molar-refractivity contribution in [3.63, 3.8) is 0 Å². The molecule has 1 aromatic heterocycles. The first-order valence-corrected chi connectivity index (χ1v) is 6.93. The minimum Gasteiger partial charge on any atom is -0.356 e. The van der Waals surface area contributed by atoms with Crippen LogP contribution in [0.1, 0.15) is 33.6 Å². The minimum absolute atomic E-state index is 0.00838. The second kappa shape index (κ2) is 7.64. The summed E-state index contributed by atoms with van der Waals surface area (Å²) >= 11 is 0. The quantitative estimate of drug-likeness (QED) is 0.432. The summed E-state index contributed by atoms with van der Waals surface area (Å²) in [6, 6.07) is 2.82. The van der Waals surface area contributed by atoms with Gasteiger partial charge >= 0.3 is 0 Å². The maximum absolute atomic E-state index is 11.0. The van der Waals surface area contributed by atoms with Crippen molar-refractivity contribution in [1.29, 1.82) is 0 Å². The predicted molar refractivity (Wildman–Crippen MR) is 80.7 cm³/mol. The summed E-state index contributed by atoms with van der Waals surface area (Å²) in [5, 5.41) is 11.0. The first-order chi connectivity index (χ1) is 9.55. The highest BCUT2D eigenvalue weighted by atomic mass is 16.6. The van der Waals surface area contributed by atoms with E-state index < -0.39 is 4.92 Å². The van der Waals surface area contributed by atoms with Gasteiger partial charge in [-0.3, -0.25) is 10.1 Å². The lowest BCUT2D eigenvalue weighted by Gasteiger charge is -2.26. The van der Waals surface area contributed by atoms with Gasteiger partial charge in [0.2, 0.25) is 0 Å². The van der Waals surface area contributed by atoms with Crippen molar-refractivity contribution in [2.75, 3.05) is 23.4 Å². The van der Waals surface area contributed by atoms with Crippen LogP contribution < -0.4 is 16.2 Å². The minimum atomic E-state index is -0.434. The Balaban J connectivity index is 3.07. The molecule has 0 aliphatic heterocycles. The van der Waals surface area contributed by atoms with Crippen LogP contribution in [0, 0.1) is 16.0 Å². The Kier molecular flexibility index (Phi) is 6.17. The number of hydrogen-bond donors (Lipinski definition) is 2. The molecule has 1 heterocycles. The highest BCUT2D eigenvalue weighted by molar-refractivity contribution is 5.55. The third-order valence-corrected chi connectivity index (χ3v) is 3.49. The Bertz CT molecular complexity index is 448. The number of pyridine rings is 1. The van der Waals surface area contributed by atoms with Crippen molar-refractivity contribution < 1.29 is 4.92 Å². The monoisotopic (exact) mass is 281 g/mol. The number of nitrogens with zero attached hydrogens (tertiary/aromatic N) is 3. The third-order valence-electron chi connectivity index (χ3n) is 3.49. The molecule has 0 saturated carbocycles. The Labute approximate surface area is 119 Å². The van der Waals surface area contributed by atoms with Crippen LogP contribution >= 0.6 is 0 Å². The Morgan fingerprint density at radius 2 is 2.05 bits per heavy atom. The zero-order chi connectivity index (χ0) is 15.1. The Morgan fingerprint density at radius 3 is 2.50 bits per heavy atom. The number of rotatable bonds is 8. The van der Waals surface area contributed by atoms with Gasteiger partial charge in [-0.2, -0.15) is 0 Å². The molecule has 0 aliphatic rings. The molecule has 1 rings (SSSR count). The van der Waals surface area contributed by atoms with Crippen LogP contribution in [0.15, 0.2) is 12.1 Å². The van der Waals surface area contributed by atoms with Crippen LogP contribution in [-0.2, 0) is 0 Å². The van der Waals surface area contributed by atoms with E-state index in [1.54, 1.807) is 0 Å². The van der Waals surface area contributed by atoms with E-state index in [9.17, 15) is 10.1 Å². The molecule has 1 aromatic rings. The van der Waals surface area contributed by atoms with Gasteiger partial charge in [-0.1, -0.05) is 26.7 Å². The summed E-state index contributed by atoms with van der Waals surface area (Å²) in [5.74, 6) is 6.76. The number of hydrogen-bond acceptors (Lipinski definition) is 6. The summed E-state index contributed by atoms with van der Waals surface area (Å²) in [6.45, 7) is 7.89. The smallest absolute Gasteiger partial charge is 0.276 e. The van der Waals surface area contributed by atoms with Crippen LogP contribution in [0.25, 0.3) is 0 Å². The van der Waals surface area contributed by atoms with Crippen LogP contribution in [0.2, 0.25) is 0 Å². The molecule has 7 nitrogen and oxygen atoms in total. The molecule has 0 saturated heterocycles. The maximum Gasteiger partial charge on any atom is 0.276 e. The first-order valence-electron chi connectivity index (χ1n) is 6.93. The molecule has 0 amide bonds. The maximum atomic E-state index is 11.0. The van der Waals surface area contributed by atoms with Crippen molar-refractivity contribution in [3.8, 4) is 0 Å². The molecule has 7 heteroatoms. The molecule has 20 heavy (non-hydrogen) atoms. The molecular formula is C13H23N5O2. The van der Waals surface area contributed by atoms with Gasteiger partial charge < -0.3 is 10.3 Å². The molecule has 0 atom stereocenters. The molecule has 3 N–H and O–H groups in total. The second-order valence-corrected chi connectivity index (χ2v) is 4.69. The molecule has 0 fully saturated rings. The number of anilines is 2. The fraction of sp³-hybridized carbons (Fsp3) is 0.615. The van der Waals surface area contributed by atoms with Crippen LogP contribution in [0.4, 0.5) is 17.3 Å². The van der Waals surface area contributed by atoms with Crippen molar-refractivity contribution in [2.24, 2.45) is 11.8 Å². The van der Waals surface area contributed by atoms with Gasteiger partial charge in [0, 0.05) is 13.1 Å². The lowest BCUT2D eigenvalue weighted by molar-refractivity contribution is -0.384. The zero-order valence-electron chi connectivity index (χ0n) is 12.3. The van der Waals surface area contributed by atoms with Gasteiger partial charge in [-0.15, -0.1) is 0 Å². The van der Waals surface area contributed by atoms with Crippen molar-refractivity contribution in [2.45, 2.75) is 33.6 Å². The highest BCUT2D eigenvalue weighted by Crippen LogP contribution is 2.24. The van der Waals surface area contributed by atoms with E-state index in [1.807, 2.05) is 11.8 Å². The SMILES string of the molecule is CCC(CC)CN(CC)c1cc([N+](=O)[O-])cc(NN)n1. The van der Waals surface area contributed by atoms with E-state index in [1.165, 1.54) is 12.1 Å². The van der Waals surface area contributed by atoms with Gasteiger partial charge in [-0.05, 0) is 12.8 Å². The number of nitrogens with one attached hydrogen (secondary N) is 1. The second-order valence-electron chi connectivity index (χ2n) is 4.69. The molecular weight excluding hydrogens is 258 g/mol. The normalized spacial score (nSPS) is 10.7. The number of nitrogen functional groups attached to an aromatic ring is 1. The van der Waals surface area contributed by atoms with Gasteiger partial charge in [-0.25, -0.2) is 10.8 Å². The van der Waals surface area contributed by atoms with Gasteiger partial charge in [0.1, 0.15) is 11.6 Å². The molecule has 112 valence electrons. The van der Waals surface area contributed by atoms with Crippen molar-refractivity contribution >= 4 is 17.3 Å². The van der Waals surface area contributed by atoms with Crippen LogP contribution in [0.3, 0.4) is 0 Å². The van der Waals surface area contributed by atoms with Gasteiger partial charge in [0.15, 0.2) is 0 Å². The topological polar surface area (TPSA) is 97.3 Å². The fourth-order valence-electron chi connectivity index (χ4n) is 2.09. The van der Waals surface area contributed by atoms with Crippen molar-refractivity contribution in [3.05, 3.63) is 22.2 Å². The van der Waals surface area contributed by atoms with E-state index in [0.29, 0.717) is 17.6 Å². The molecule has 0 aromatic carbocycles. The molecule has 0 spiro atoms. The number of aromatic nitrogens is 1. The Morgan fingerprint density at radius 1 is 1.40 bits per heavy atom. The van der Waals surface area contributed by atoms with E-state index >= 15 is 0 Å². The number of hydrazine groups is 1. The summed E-state index contributed by atoms with van der Waals surface area (Å²) in [5.41, 5.74) is 2.37. The number of nitrogens with two attached hydrogens (primary N) is 1. The standard InChI is InChI=1S/C13H23N5O2/c1-4-10(5-2)9-17(6-3)13-8-11(18(19)20)7-12(15-13)16-14/h7-8,10H,4-6,9,14H2,1-3H3,(H,15,16). The summed E-state index contributed by atoms with van der Waals surface area (Å²) in [4.78, 5) is 16.9. The van der Waals surface area contributed by atoms with Gasteiger partial charge in [0.05, 0.1) is 17.1 Å². The molecule has 0 aliphatic carbocycles. The average Bonchev–Trinajstić information content (AvgIpc) is 2.48. The highest BCUT2D eigenvalue weighted by Gasteiger charge is 2.17. The van der Waals surface area contributed by atoms with Crippen LogP contribution in [-0.4, -0.2) is 23.0 Å². The lowest BCUT2D eigenvalue weighted by atomic mass is 10.0. The summed E-state index contributed by atoms with van der Waals surface area (Å²) < 4.78 is 0. The summed E-state index contributed by atoms with van der Waals surface area (Å²) in [7, 11) is 0. The largest absolute Gasteiger partial charge is 0.356 e.